The molecule has 18 heavy (non-hydrogen) atoms. The van der Waals surface area contributed by atoms with Crippen LogP contribution in [0.4, 0.5) is 0 Å². The second kappa shape index (κ2) is 8.70. The van der Waals surface area contributed by atoms with Crippen molar-refractivity contribution in [3.05, 3.63) is 35.9 Å². The van der Waals surface area contributed by atoms with Crippen molar-refractivity contribution in [1.82, 2.24) is 10.6 Å². The zero-order chi connectivity index (χ0) is 13.2. The molecule has 0 heterocycles. The van der Waals surface area contributed by atoms with E-state index in [-0.39, 0.29) is 11.9 Å². The highest BCUT2D eigenvalue weighted by Crippen LogP contribution is 2.00. The Morgan fingerprint density at radius 3 is 2.56 bits per heavy atom. The van der Waals surface area contributed by atoms with E-state index in [1.807, 2.05) is 25.1 Å². The van der Waals surface area contributed by atoms with Crippen LogP contribution in [0.15, 0.2) is 30.3 Å². The van der Waals surface area contributed by atoms with Crippen molar-refractivity contribution in [2.24, 2.45) is 0 Å². The maximum absolute atomic E-state index is 11.9. The van der Waals surface area contributed by atoms with Gasteiger partial charge in [0.1, 0.15) is 0 Å². The first-order valence-electron chi connectivity index (χ1n) is 6.83. The molecule has 3 heteroatoms. The van der Waals surface area contributed by atoms with E-state index in [0.29, 0.717) is 0 Å². The van der Waals surface area contributed by atoms with Gasteiger partial charge in [-0.05, 0) is 18.4 Å². The van der Waals surface area contributed by atoms with Crippen LogP contribution in [0.25, 0.3) is 0 Å². The van der Waals surface area contributed by atoms with Crippen LogP contribution in [0.3, 0.4) is 0 Å². The van der Waals surface area contributed by atoms with Gasteiger partial charge in [0.25, 0.3) is 0 Å². The van der Waals surface area contributed by atoms with Gasteiger partial charge in [-0.3, -0.25) is 4.79 Å². The summed E-state index contributed by atoms with van der Waals surface area (Å²) in [6.07, 6.45) is 2.96. The molecule has 1 unspecified atom stereocenters. The standard InChI is InChI=1S/C15H24N2O/c1-3-5-11-16-15(18)14(4-2)17-12-13-9-7-6-8-10-13/h6-10,14,17H,3-5,11-12H2,1-2H3,(H,16,18). The lowest BCUT2D eigenvalue weighted by atomic mass is 10.1. The Labute approximate surface area is 110 Å². The van der Waals surface area contributed by atoms with Gasteiger partial charge in [-0.25, -0.2) is 0 Å². The summed E-state index contributed by atoms with van der Waals surface area (Å²) in [5.41, 5.74) is 1.21. The van der Waals surface area contributed by atoms with Gasteiger partial charge in [0.2, 0.25) is 5.91 Å². The number of hydrogen-bond donors (Lipinski definition) is 2. The van der Waals surface area contributed by atoms with E-state index >= 15 is 0 Å². The molecular weight excluding hydrogens is 224 g/mol. The lowest BCUT2D eigenvalue weighted by Crippen LogP contribution is -2.43. The number of rotatable bonds is 8. The molecule has 1 amide bonds. The fourth-order valence-corrected chi connectivity index (χ4v) is 1.77. The minimum atomic E-state index is -0.0953. The number of nitrogens with one attached hydrogen (secondary N) is 2. The molecule has 0 fully saturated rings. The van der Waals surface area contributed by atoms with Crippen LogP contribution < -0.4 is 10.6 Å². The van der Waals surface area contributed by atoms with Crippen LogP contribution in [-0.2, 0) is 11.3 Å². The first-order valence-corrected chi connectivity index (χ1v) is 6.83. The molecule has 0 aromatic heterocycles. The molecule has 0 aliphatic carbocycles. The van der Waals surface area contributed by atoms with Crippen molar-refractivity contribution in [2.45, 2.75) is 45.7 Å². The summed E-state index contributed by atoms with van der Waals surface area (Å²) in [6.45, 7) is 5.67. The number of benzene rings is 1. The van der Waals surface area contributed by atoms with E-state index in [9.17, 15) is 4.79 Å². The predicted molar refractivity (Wildman–Crippen MR) is 75.3 cm³/mol. The second-order valence-electron chi connectivity index (χ2n) is 4.47. The highest BCUT2D eigenvalue weighted by Gasteiger charge is 2.14. The van der Waals surface area contributed by atoms with Crippen LogP contribution in [0, 0.1) is 0 Å². The summed E-state index contributed by atoms with van der Waals surface area (Å²) < 4.78 is 0. The Balaban J connectivity index is 2.35. The van der Waals surface area contributed by atoms with Crippen molar-refractivity contribution in [3.63, 3.8) is 0 Å². The molecule has 1 atom stereocenters. The molecule has 1 rings (SSSR count). The van der Waals surface area contributed by atoms with Gasteiger partial charge in [-0.2, -0.15) is 0 Å². The smallest absolute Gasteiger partial charge is 0.237 e. The Hall–Kier alpha value is -1.35. The topological polar surface area (TPSA) is 41.1 Å². The Morgan fingerprint density at radius 1 is 1.22 bits per heavy atom. The third kappa shape index (κ3) is 5.32. The average molecular weight is 248 g/mol. The molecule has 2 N–H and O–H groups in total. The lowest BCUT2D eigenvalue weighted by Gasteiger charge is -2.16. The largest absolute Gasteiger partial charge is 0.355 e. The zero-order valence-electron chi connectivity index (χ0n) is 11.4. The van der Waals surface area contributed by atoms with Gasteiger partial charge in [0, 0.05) is 13.1 Å². The first-order chi connectivity index (χ1) is 8.77. The Morgan fingerprint density at radius 2 is 1.94 bits per heavy atom. The molecular formula is C15H24N2O. The fraction of sp³-hybridized carbons (Fsp3) is 0.533. The quantitative estimate of drug-likeness (QED) is 0.694. The average Bonchev–Trinajstić information content (AvgIpc) is 2.41. The number of carbonyl (C=O) groups is 1. The first kappa shape index (κ1) is 14.7. The van der Waals surface area contributed by atoms with Gasteiger partial charge in [0.15, 0.2) is 0 Å². The maximum Gasteiger partial charge on any atom is 0.237 e. The molecule has 1 aromatic carbocycles. The van der Waals surface area contributed by atoms with Crippen LogP contribution >= 0.6 is 0 Å². The van der Waals surface area contributed by atoms with Crippen molar-refractivity contribution in [1.29, 1.82) is 0 Å². The highest BCUT2D eigenvalue weighted by molar-refractivity contribution is 5.81. The van der Waals surface area contributed by atoms with Crippen LogP contribution in [0.2, 0.25) is 0 Å². The summed E-state index contributed by atoms with van der Waals surface area (Å²) in [7, 11) is 0. The minimum absolute atomic E-state index is 0.0953. The van der Waals surface area contributed by atoms with Gasteiger partial charge >= 0.3 is 0 Å². The van der Waals surface area contributed by atoms with Gasteiger partial charge in [0.05, 0.1) is 6.04 Å². The van der Waals surface area contributed by atoms with Crippen molar-refractivity contribution < 1.29 is 4.79 Å². The highest BCUT2D eigenvalue weighted by atomic mass is 16.2. The molecule has 1 aromatic rings. The molecule has 0 bridgehead atoms. The number of unbranched alkanes of at least 4 members (excludes halogenated alkanes) is 1. The molecule has 0 radical (unpaired) electrons. The molecule has 0 saturated carbocycles. The SMILES string of the molecule is CCCCNC(=O)C(CC)NCc1ccccc1. The van der Waals surface area contributed by atoms with Crippen LogP contribution in [0.1, 0.15) is 38.7 Å². The predicted octanol–water partition coefficient (Wildman–Crippen LogP) is 2.47. The molecule has 100 valence electrons. The molecule has 0 aliphatic rings. The van der Waals surface area contributed by atoms with E-state index in [2.05, 4.69) is 29.7 Å². The van der Waals surface area contributed by atoms with E-state index < -0.39 is 0 Å². The van der Waals surface area contributed by atoms with Gasteiger partial charge in [-0.1, -0.05) is 50.6 Å². The normalized spacial score (nSPS) is 12.1. The number of carbonyl (C=O) groups excluding carboxylic acids is 1. The van der Waals surface area contributed by atoms with Crippen molar-refractivity contribution >= 4 is 5.91 Å². The number of hydrogen-bond acceptors (Lipinski definition) is 2. The molecule has 0 aliphatic heterocycles. The lowest BCUT2D eigenvalue weighted by molar-refractivity contribution is -0.123. The summed E-state index contributed by atoms with van der Waals surface area (Å²) >= 11 is 0. The van der Waals surface area contributed by atoms with E-state index in [0.717, 1.165) is 32.4 Å². The second-order valence-corrected chi connectivity index (χ2v) is 4.47. The van der Waals surface area contributed by atoms with Gasteiger partial charge in [-0.15, -0.1) is 0 Å². The fourth-order valence-electron chi connectivity index (χ4n) is 1.77. The van der Waals surface area contributed by atoms with Crippen LogP contribution in [-0.4, -0.2) is 18.5 Å². The van der Waals surface area contributed by atoms with Gasteiger partial charge < -0.3 is 10.6 Å². The third-order valence-corrected chi connectivity index (χ3v) is 2.95. The minimum Gasteiger partial charge on any atom is -0.355 e. The molecule has 3 nitrogen and oxygen atoms in total. The third-order valence-electron chi connectivity index (χ3n) is 2.95. The Kier molecular flexibility index (Phi) is 7.11. The number of amides is 1. The Bertz CT molecular complexity index is 338. The van der Waals surface area contributed by atoms with E-state index in [1.54, 1.807) is 0 Å². The summed E-state index contributed by atoms with van der Waals surface area (Å²) in [5, 5.41) is 6.27. The van der Waals surface area contributed by atoms with E-state index in [4.69, 9.17) is 0 Å². The molecule has 0 spiro atoms. The van der Waals surface area contributed by atoms with Crippen molar-refractivity contribution in [3.8, 4) is 0 Å². The van der Waals surface area contributed by atoms with Crippen molar-refractivity contribution in [2.75, 3.05) is 6.54 Å². The summed E-state index contributed by atoms with van der Waals surface area (Å²) in [6, 6.07) is 10.1. The monoisotopic (exact) mass is 248 g/mol. The van der Waals surface area contributed by atoms with E-state index in [1.165, 1.54) is 5.56 Å². The maximum atomic E-state index is 11.9. The zero-order valence-corrected chi connectivity index (χ0v) is 11.4. The summed E-state index contributed by atoms with van der Waals surface area (Å²) in [5.74, 6) is 0.113. The van der Waals surface area contributed by atoms with Crippen LogP contribution in [0.5, 0.6) is 0 Å². The summed E-state index contributed by atoms with van der Waals surface area (Å²) in [4.78, 5) is 11.9. The molecule has 0 saturated heterocycles.